The number of nitrogens with zero attached hydrogens (tertiary/aromatic N) is 1. The van der Waals surface area contributed by atoms with Crippen LogP contribution in [0.15, 0.2) is 56.6 Å². The van der Waals surface area contributed by atoms with Crippen LogP contribution in [0.3, 0.4) is 0 Å². The number of methoxy groups -OCH3 is 1. The van der Waals surface area contributed by atoms with Gasteiger partial charge in [-0.05, 0) is 30.2 Å². The molecule has 0 radical (unpaired) electrons. The number of carbonyl (C=O) groups is 1. The second-order valence-electron chi connectivity index (χ2n) is 7.09. The Morgan fingerprint density at radius 3 is 2.53 bits per heavy atom. The molecular formula is C20H23N3O6S. The molecule has 0 saturated heterocycles. The first-order chi connectivity index (χ1) is 14.1. The fourth-order valence-corrected chi connectivity index (χ4v) is 4.33. The third kappa shape index (κ3) is 4.24. The van der Waals surface area contributed by atoms with Crippen LogP contribution >= 0.6 is 0 Å². The van der Waals surface area contributed by atoms with Crippen molar-refractivity contribution in [1.82, 2.24) is 9.29 Å². The second kappa shape index (κ2) is 8.33. The molecular weight excluding hydrogens is 410 g/mol. The Morgan fingerprint density at radius 2 is 1.87 bits per heavy atom. The molecule has 0 aliphatic heterocycles. The highest BCUT2D eigenvalue weighted by Crippen LogP contribution is 2.24. The summed E-state index contributed by atoms with van der Waals surface area (Å²) in [5.74, 6) is -0.997. The van der Waals surface area contributed by atoms with Crippen LogP contribution in [0.5, 0.6) is 5.75 Å². The molecule has 0 bridgehead atoms. The molecule has 3 aromatic rings. The maximum Gasteiger partial charge on any atom is 0.419 e. The number of anilines is 1. The van der Waals surface area contributed by atoms with Gasteiger partial charge >= 0.3 is 5.76 Å². The van der Waals surface area contributed by atoms with Crippen molar-refractivity contribution in [3.8, 4) is 5.75 Å². The molecule has 160 valence electrons. The molecule has 0 spiro atoms. The van der Waals surface area contributed by atoms with E-state index in [-0.39, 0.29) is 16.4 Å². The average Bonchev–Trinajstić information content (AvgIpc) is 2.99. The van der Waals surface area contributed by atoms with Gasteiger partial charge in [-0.3, -0.25) is 9.36 Å². The fraction of sp³-hybridized carbons (Fsp3) is 0.300. The van der Waals surface area contributed by atoms with Crippen LogP contribution in [0, 0.1) is 5.92 Å². The summed E-state index contributed by atoms with van der Waals surface area (Å²) in [4.78, 5) is 24.4. The number of benzene rings is 2. The van der Waals surface area contributed by atoms with Crippen molar-refractivity contribution >= 4 is 32.7 Å². The zero-order valence-electron chi connectivity index (χ0n) is 17.0. The summed E-state index contributed by atoms with van der Waals surface area (Å²) in [6.07, 6.45) is 0. The van der Waals surface area contributed by atoms with Crippen molar-refractivity contribution < 1.29 is 22.4 Å². The maximum atomic E-state index is 12.9. The van der Waals surface area contributed by atoms with E-state index in [0.29, 0.717) is 17.0 Å². The lowest BCUT2D eigenvalue weighted by Gasteiger charge is -2.22. The SMILES string of the molecule is COc1ccccc1NC(=O)[C@@H](NS(=O)(=O)c1ccc2c(c1)oc(=O)n2C)C(C)C. The van der Waals surface area contributed by atoms with Crippen LogP contribution in [-0.2, 0) is 21.9 Å². The predicted octanol–water partition coefficient (Wildman–Crippen LogP) is 2.08. The lowest BCUT2D eigenvalue weighted by Crippen LogP contribution is -2.47. The molecule has 30 heavy (non-hydrogen) atoms. The number of oxazole rings is 1. The van der Waals surface area contributed by atoms with Gasteiger partial charge < -0.3 is 14.5 Å². The Balaban J connectivity index is 1.88. The Bertz CT molecular complexity index is 1240. The van der Waals surface area contributed by atoms with Gasteiger partial charge in [0.15, 0.2) is 5.58 Å². The smallest absolute Gasteiger partial charge is 0.419 e. The van der Waals surface area contributed by atoms with E-state index in [9.17, 15) is 18.0 Å². The monoisotopic (exact) mass is 433 g/mol. The minimum atomic E-state index is -4.07. The number of carbonyl (C=O) groups excluding carboxylic acids is 1. The summed E-state index contributed by atoms with van der Waals surface area (Å²) in [6.45, 7) is 3.46. The maximum absolute atomic E-state index is 12.9. The summed E-state index contributed by atoms with van der Waals surface area (Å²) < 4.78 is 39.8. The first-order valence-corrected chi connectivity index (χ1v) is 10.7. The van der Waals surface area contributed by atoms with E-state index >= 15 is 0 Å². The largest absolute Gasteiger partial charge is 0.495 e. The summed E-state index contributed by atoms with van der Waals surface area (Å²) in [5.41, 5.74) is 1.04. The highest BCUT2D eigenvalue weighted by molar-refractivity contribution is 7.89. The van der Waals surface area contributed by atoms with E-state index in [4.69, 9.17) is 9.15 Å². The number of hydrogen-bond acceptors (Lipinski definition) is 6. The van der Waals surface area contributed by atoms with Crippen LogP contribution in [0.4, 0.5) is 5.69 Å². The molecule has 3 rings (SSSR count). The molecule has 1 heterocycles. The molecule has 0 fully saturated rings. The van der Waals surface area contributed by atoms with E-state index in [0.717, 1.165) is 0 Å². The van der Waals surface area contributed by atoms with Crippen LogP contribution in [0.1, 0.15) is 13.8 Å². The summed E-state index contributed by atoms with van der Waals surface area (Å²) in [6, 6.07) is 9.89. The van der Waals surface area contributed by atoms with E-state index < -0.39 is 27.7 Å². The van der Waals surface area contributed by atoms with E-state index in [1.807, 2.05) is 0 Å². The number of amides is 1. The minimum Gasteiger partial charge on any atom is -0.495 e. The average molecular weight is 433 g/mol. The quantitative estimate of drug-likeness (QED) is 0.589. The number of aryl methyl sites for hydroxylation is 1. The number of aromatic nitrogens is 1. The fourth-order valence-electron chi connectivity index (χ4n) is 2.97. The molecule has 1 amide bonds. The lowest BCUT2D eigenvalue weighted by molar-refractivity contribution is -0.118. The summed E-state index contributed by atoms with van der Waals surface area (Å²) >= 11 is 0. The summed E-state index contributed by atoms with van der Waals surface area (Å²) in [5, 5.41) is 2.70. The number of para-hydroxylation sites is 2. The van der Waals surface area contributed by atoms with Crippen LogP contribution in [0.25, 0.3) is 11.1 Å². The normalized spacial score (nSPS) is 12.8. The third-order valence-electron chi connectivity index (χ3n) is 4.67. The van der Waals surface area contributed by atoms with Gasteiger partial charge in [0, 0.05) is 13.1 Å². The van der Waals surface area contributed by atoms with E-state index in [1.165, 1.54) is 36.9 Å². The van der Waals surface area contributed by atoms with Gasteiger partial charge in [0.2, 0.25) is 15.9 Å². The molecule has 1 aromatic heterocycles. The van der Waals surface area contributed by atoms with Crippen molar-refractivity contribution in [1.29, 1.82) is 0 Å². The number of sulfonamides is 1. The number of ether oxygens (including phenoxy) is 1. The van der Waals surface area contributed by atoms with Gasteiger partial charge in [-0.25, -0.2) is 13.2 Å². The Kier molecular flexibility index (Phi) is 5.99. The third-order valence-corrected chi connectivity index (χ3v) is 6.11. The zero-order valence-corrected chi connectivity index (χ0v) is 17.8. The van der Waals surface area contributed by atoms with Crippen molar-refractivity contribution in [2.24, 2.45) is 13.0 Å². The van der Waals surface area contributed by atoms with Gasteiger partial charge in [-0.2, -0.15) is 4.72 Å². The van der Waals surface area contributed by atoms with Crippen molar-refractivity contribution in [2.75, 3.05) is 12.4 Å². The second-order valence-corrected chi connectivity index (χ2v) is 8.80. The predicted molar refractivity (Wildman–Crippen MR) is 112 cm³/mol. The van der Waals surface area contributed by atoms with Crippen molar-refractivity contribution in [3.05, 3.63) is 53.0 Å². The molecule has 9 nitrogen and oxygen atoms in total. The Labute approximate surface area is 173 Å². The Hall–Kier alpha value is -3.11. The highest BCUT2D eigenvalue weighted by Gasteiger charge is 2.29. The lowest BCUT2D eigenvalue weighted by atomic mass is 10.0. The minimum absolute atomic E-state index is 0.111. The van der Waals surface area contributed by atoms with Crippen LogP contribution in [-0.4, -0.2) is 32.0 Å². The van der Waals surface area contributed by atoms with Gasteiger partial charge in [0.05, 0.1) is 23.2 Å². The molecule has 1 atom stereocenters. The standard InChI is InChI=1S/C20H23N3O6S/c1-12(2)18(19(24)21-14-7-5-6-8-16(14)28-4)22-30(26,27)13-9-10-15-17(11-13)29-20(25)23(15)3/h5-12,18,22H,1-4H3,(H,21,24)/t18-/m0/s1. The first-order valence-electron chi connectivity index (χ1n) is 9.20. The first kappa shape index (κ1) is 21.6. The van der Waals surface area contributed by atoms with Crippen LogP contribution in [0.2, 0.25) is 0 Å². The van der Waals surface area contributed by atoms with Crippen LogP contribution < -0.4 is 20.5 Å². The molecule has 10 heteroatoms. The molecule has 2 N–H and O–H groups in total. The summed E-state index contributed by atoms with van der Waals surface area (Å²) in [7, 11) is -1.06. The van der Waals surface area contributed by atoms with Gasteiger partial charge in [0.25, 0.3) is 0 Å². The highest BCUT2D eigenvalue weighted by atomic mass is 32.2. The Morgan fingerprint density at radius 1 is 1.17 bits per heavy atom. The van der Waals surface area contributed by atoms with Gasteiger partial charge in [-0.1, -0.05) is 26.0 Å². The molecule has 0 aliphatic rings. The number of rotatable bonds is 7. The number of fused-ring (bicyclic) bond motifs is 1. The zero-order chi connectivity index (χ0) is 22.1. The van der Waals surface area contributed by atoms with E-state index in [1.54, 1.807) is 38.1 Å². The molecule has 0 unspecified atom stereocenters. The van der Waals surface area contributed by atoms with Gasteiger partial charge in [0.1, 0.15) is 11.8 Å². The van der Waals surface area contributed by atoms with Gasteiger partial charge in [-0.15, -0.1) is 0 Å². The topological polar surface area (TPSA) is 120 Å². The van der Waals surface area contributed by atoms with Crippen molar-refractivity contribution in [3.63, 3.8) is 0 Å². The van der Waals surface area contributed by atoms with E-state index in [2.05, 4.69) is 10.0 Å². The number of hydrogen-bond donors (Lipinski definition) is 2. The van der Waals surface area contributed by atoms with Crippen molar-refractivity contribution in [2.45, 2.75) is 24.8 Å². The molecule has 2 aromatic carbocycles. The molecule has 0 saturated carbocycles. The molecule has 0 aliphatic carbocycles. The number of nitrogens with one attached hydrogen (secondary N) is 2.